The molecule has 1 atom stereocenters. The van der Waals surface area contributed by atoms with E-state index in [0.29, 0.717) is 17.2 Å². The van der Waals surface area contributed by atoms with Crippen molar-refractivity contribution < 1.29 is 14.3 Å². The van der Waals surface area contributed by atoms with Crippen molar-refractivity contribution in [2.45, 2.75) is 23.4 Å². The molecular weight excluding hydrogens is 320 g/mol. The molecule has 0 saturated carbocycles. The molecule has 2 aromatic rings. The van der Waals surface area contributed by atoms with Crippen molar-refractivity contribution in [3.8, 4) is 11.5 Å². The third-order valence-corrected chi connectivity index (χ3v) is 5.09. The third kappa shape index (κ3) is 4.14. The summed E-state index contributed by atoms with van der Waals surface area (Å²) >= 11 is 3.00. The molecule has 1 aromatic heterocycles. The molecule has 0 spiro atoms. The van der Waals surface area contributed by atoms with Crippen LogP contribution in [0.5, 0.6) is 11.5 Å². The molecule has 5 nitrogen and oxygen atoms in total. The van der Waals surface area contributed by atoms with Crippen LogP contribution in [-0.2, 0) is 4.79 Å². The quantitative estimate of drug-likeness (QED) is 0.816. The van der Waals surface area contributed by atoms with Gasteiger partial charge in [0.05, 0.1) is 19.5 Å². The van der Waals surface area contributed by atoms with E-state index in [2.05, 4.69) is 10.3 Å². The van der Waals surface area contributed by atoms with Crippen LogP contribution in [0.2, 0.25) is 0 Å². The van der Waals surface area contributed by atoms with Crippen LogP contribution in [0, 0.1) is 6.92 Å². The Hall–Kier alpha value is -1.73. The van der Waals surface area contributed by atoms with E-state index in [-0.39, 0.29) is 11.2 Å². The summed E-state index contributed by atoms with van der Waals surface area (Å²) < 4.78 is 11.3. The van der Waals surface area contributed by atoms with Gasteiger partial charge in [-0.15, -0.1) is 11.3 Å². The maximum Gasteiger partial charge on any atom is 0.237 e. The number of nitrogens with zero attached hydrogens (tertiary/aromatic N) is 1. The van der Waals surface area contributed by atoms with E-state index in [1.165, 1.54) is 11.8 Å². The van der Waals surface area contributed by atoms with Crippen molar-refractivity contribution in [2.75, 3.05) is 19.5 Å². The van der Waals surface area contributed by atoms with Gasteiger partial charge >= 0.3 is 0 Å². The molecule has 1 unspecified atom stereocenters. The van der Waals surface area contributed by atoms with Crippen molar-refractivity contribution in [1.29, 1.82) is 0 Å². The molecule has 0 aliphatic heterocycles. The zero-order valence-corrected chi connectivity index (χ0v) is 14.5. The Morgan fingerprint density at radius 2 is 2.05 bits per heavy atom. The van der Waals surface area contributed by atoms with E-state index in [1.807, 2.05) is 19.2 Å². The van der Waals surface area contributed by atoms with E-state index in [0.717, 1.165) is 10.0 Å². The van der Waals surface area contributed by atoms with Crippen molar-refractivity contribution in [2.24, 2.45) is 0 Å². The van der Waals surface area contributed by atoms with Gasteiger partial charge in [0.2, 0.25) is 5.91 Å². The first-order valence-corrected chi connectivity index (χ1v) is 8.41. The van der Waals surface area contributed by atoms with Crippen LogP contribution in [0.15, 0.2) is 27.9 Å². The normalized spacial score (nSPS) is 11.8. The first-order valence-electron chi connectivity index (χ1n) is 6.65. The van der Waals surface area contributed by atoms with Crippen molar-refractivity contribution in [3.63, 3.8) is 0 Å². The summed E-state index contributed by atoms with van der Waals surface area (Å²) in [5, 5.41) is 4.61. The molecular formula is C15H18N2O3S2. The maximum absolute atomic E-state index is 12.3. The number of hydrogen-bond donors (Lipinski definition) is 1. The van der Waals surface area contributed by atoms with Crippen LogP contribution in [0.1, 0.15) is 12.6 Å². The largest absolute Gasteiger partial charge is 0.493 e. The van der Waals surface area contributed by atoms with Crippen LogP contribution in [-0.4, -0.2) is 30.4 Å². The van der Waals surface area contributed by atoms with E-state index in [9.17, 15) is 4.79 Å². The molecule has 0 bridgehead atoms. The minimum Gasteiger partial charge on any atom is -0.493 e. The smallest absolute Gasteiger partial charge is 0.237 e. The summed E-state index contributed by atoms with van der Waals surface area (Å²) in [6.07, 6.45) is 0. The number of methoxy groups -OCH3 is 2. The van der Waals surface area contributed by atoms with Crippen molar-refractivity contribution in [3.05, 3.63) is 29.3 Å². The van der Waals surface area contributed by atoms with Gasteiger partial charge in [-0.2, -0.15) is 0 Å². The van der Waals surface area contributed by atoms with Crippen LogP contribution in [0.4, 0.5) is 5.69 Å². The van der Waals surface area contributed by atoms with Gasteiger partial charge in [0, 0.05) is 22.8 Å². The van der Waals surface area contributed by atoms with Gasteiger partial charge in [-0.1, -0.05) is 11.8 Å². The molecule has 2 rings (SSSR count). The summed E-state index contributed by atoms with van der Waals surface area (Å²) in [5.41, 5.74) is 1.64. The zero-order chi connectivity index (χ0) is 16.1. The lowest BCUT2D eigenvalue weighted by molar-refractivity contribution is -0.115. The highest BCUT2D eigenvalue weighted by atomic mass is 32.2. The Morgan fingerprint density at radius 1 is 1.32 bits per heavy atom. The Balaban J connectivity index is 2.01. The fourth-order valence-corrected chi connectivity index (χ4v) is 3.73. The molecule has 1 heterocycles. The van der Waals surface area contributed by atoms with Crippen LogP contribution in [0.3, 0.4) is 0 Å². The predicted molar refractivity (Wildman–Crippen MR) is 90.3 cm³/mol. The molecule has 1 N–H and O–H groups in total. The van der Waals surface area contributed by atoms with Crippen LogP contribution in [0.25, 0.3) is 0 Å². The monoisotopic (exact) mass is 338 g/mol. The Bertz CT molecular complexity index is 658. The first-order chi connectivity index (χ1) is 10.5. The van der Waals surface area contributed by atoms with Gasteiger partial charge in [-0.3, -0.25) is 4.79 Å². The Kier molecular flexibility index (Phi) is 5.68. The molecule has 1 aromatic carbocycles. The number of thiazole rings is 1. The fourth-order valence-electron chi connectivity index (χ4n) is 1.75. The summed E-state index contributed by atoms with van der Waals surface area (Å²) in [6, 6.07) is 5.28. The van der Waals surface area contributed by atoms with E-state index >= 15 is 0 Å². The highest BCUT2D eigenvalue weighted by Gasteiger charge is 2.17. The fraction of sp³-hybridized carbons (Fsp3) is 0.333. The van der Waals surface area contributed by atoms with Crippen molar-refractivity contribution >= 4 is 34.7 Å². The molecule has 0 saturated heterocycles. The first kappa shape index (κ1) is 16.6. The number of ether oxygens (including phenoxy) is 2. The molecule has 118 valence electrons. The number of nitrogens with one attached hydrogen (secondary N) is 1. The number of carbonyl (C=O) groups excluding carboxylic acids is 1. The van der Waals surface area contributed by atoms with E-state index < -0.39 is 0 Å². The Labute approximate surface area is 138 Å². The van der Waals surface area contributed by atoms with Crippen LogP contribution < -0.4 is 14.8 Å². The number of anilines is 1. The number of rotatable bonds is 6. The van der Waals surface area contributed by atoms with Gasteiger partial charge in [-0.25, -0.2) is 4.98 Å². The molecule has 0 aliphatic rings. The third-order valence-electron chi connectivity index (χ3n) is 2.90. The second kappa shape index (κ2) is 7.51. The number of aromatic nitrogens is 1. The van der Waals surface area contributed by atoms with E-state index in [4.69, 9.17) is 9.47 Å². The lowest BCUT2D eigenvalue weighted by atomic mass is 10.2. The van der Waals surface area contributed by atoms with E-state index in [1.54, 1.807) is 43.8 Å². The molecule has 0 radical (unpaired) electrons. The average molecular weight is 338 g/mol. The summed E-state index contributed by atoms with van der Waals surface area (Å²) in [5.74, 6) is 1.13. The van der Waals surface area contributed by atoms with Gasteiger partial charge in [0.1, 0.15) is 0 Å². The topological polar surface area (TPSA) is 60.5 Å². The number of thioether (sulfide) groups is 1. The molecule has 22 heavy (non-hydrogen) atoms. The van der Waals surface area contributed by atoms with Gasteiger partial charge in [-0.05, 0) is 26.0 Å². The number of amides is 1. The van der Waals surface area contributed by atoms with Crippen LogP contribution >= 0.6 is 23.1 Å². The number of carbonyl (C=O) groups is 1. The standard InChI is InChI=1S/C15H18N2O3S2/c1-9-8-21-15(16-9)22-10(2)14(18)17-11-5-6-12(19-3)13(7-11)20-4/h5-8,10H,1-4H3,(H,17,18). The molecule has 1 amide bonds. The molecule has 7 heteroatoms. The maximum atomic E-state index is 12.3. The highest BCUT2D eigenvalue weighted by molar-refractivity contribution is 8.02. The zero-order valence-electron chi connectivity index (χ0n) is 12.9. The lowest BCUT2D eigenvalue weighted by Crippen LogP contribution is -2.22. The number of hydrogen-bond acceptors (Lipinski definition) is 6. The van der Waals surface area contributed by atoms with Gasteiger partial charge < -0.3 is 14.8 Å². The highest BCUT2D eigenvalue weighted by Crippen LogP contribution is 2.31. The minimum absolute atomic E-state index is 0.0786. The second-order valence-corrected chi connectivity index (χ2v) is 7.02. The predicted octanol–water partition coefficient (Wildman–Crippen LogP) is 3.59. The molecule has 0 aliphatic carbocycles. The second-order valence-electron chi connectivity index (χ2n) is 4.57. The molecule has 0 fully saturated rings. The summed E-state index contributed by atoms with van der Waals surface area (Å²) in [7, 11) is 3.14. The minimum atomic E-state index is -0.237. The lowest BCUT2D eigenvalue weighted by Gasteiger charge is -2.13. The SMILES string of the molecule is COc1ccc(NC(=O)C(C)Sc2nc(C)cs2)cc1OC. The van der Waals surface area contributed by atoms with Gasteiger partial charge in [0.15, 0.2) is 15.8 Å². The average Bonchev–Trinajstić information content (AvgIpc) is 2.92. The Morgan fingerprint density at radius 3 is 2.64 bits per heavy atom. The van der Waals surface area contributed by atoms with Crippen molar-refractivity contribution in [1.82, 2.24) is 4.98 Å². The summed E-state index contributed by atoms with van der Waals surface area (Å²) in [4.78, 5) is 16.6. The number of aryl methyl sites for hydroxylation is 1. The number of benzene rings is 1. The van der Waals surface area contributed by atoms with Gasteiger partial charge in [0.25, 0.3) is 0 Å². The summed E-state index contributed by atoms with van der Waals surface area (Å²) in [6.45, 7) is 3.80.